The standard InChI is InChI=1S/C15H16N2O3/c1-17(2)12-5-3-4-11(9-12)16-15(20)10-6-7-13(18)14(19)8-10/h3-9,18-19H,1-2H3,(H,16,20). The van der Waals surface area contributed by atoms with E-state index in [-0.39, 0.29) is 23.0 Å². The van der Waals surface area contributed by atoms with E-state index in [1.54, 1.807) is 6.07 Å². The molecule has 0 saturated carbocycles. The van der Waals surface area contributed by atoms with Gasteiger partial charge in [0.1, 0.15) is 0 Å². The third-order valence-corrected chi connectivity index (χ3v) is 2.86. The molecule has 1 amide bonds. The Morgan fingerprint density at radius 2 is 1.80 bits per heavy atom. The molecule has 2 rings (SSSR count). The van der Waals surface area contributed by atoms with Crippen LogP contribution >= 0.6 is 0 Å². The highest BCUT2D eigenvalue weighted by Crippen LogP contribution is 2.25. The summed E-state index contributed by atoms with van der Waals surface area (Å²) in [7, 11) is 3.83. The van der Waals surface area contributed by atoms with Crippen molar-refractivity contribution < 1.29 is 15.0 Å². The number of nitrogens with one attached hydrogen (secondary N) is 1. The largest absolute Gasteiger partial charge is 0.504 e. The quantitative estimate of drug-likeness (QED) is 0.750. The number of benzene rings is 2. The number of anilines is 2. The molecular weight excluding hydrogens is 256 g/mol. The van der Waals surface area contributed by atoms with Crippen LogP contribution in [-0.4, -0.2) is 30.2 Å². The van der Waals surface area contributed by atoms with Crippen LogP contribution in [0.4, 0.5) is 11.4 Å². The Morgan fingerprint density at radius 1 is 1.05 bits per heavy atom. The van der Waals surface area contributed by atoms with Crippen molar-refractivity contribution in [3.8, 4) is 11.5 Å². The zero-order valence-corrected chi connectivity index (χ0v) is 11.3. The molecule has 5 nitrogen and oxygen atoms in total. The summed E-state index contributed by atoms with van der Waals surface area (Å²) in [5.74, 6) is -0.924. The molecule has 0 bridgehead atoms. The van der Waals surface area contributed by atoms with Gasteiger partial charge in [0.25, 0.3) is 5.91 Å². The van der Waals surface area contributed by atoms with Crippen LogP contribution < -0.4 is 10.2 Å². The van der Waals surface area contributed by atoms with Crippen molar-refractivity contribution in [2.45, 2.75) is 0 Å². The molecule has 5 heteroatoms. The van der Waals surface area contributed by atoms with E-state index in [1.807, 2.05) is 37.2 Å². The van der Waals surface area contributed by atoms with Crippen molar-refractivity contribution in [2.24, 2.45) is 0 Å². The summed E-state index contributed by atoms with van der Waals surface area (Å²) >= 11 is 0. The number of phenolic OH excluding ortho intramolecular Hbond substituents is 2. The van der Waals surface area contributed by atoms with E-state index in [0.717, 1.165) is 5.69 Å². The maximum Gasteiger partial charge on any atom is 0.255 e. The first-order valence-corrected chi connectivity index (χ1v) is 6.08. The molecule has 104 valence electrons. The zero-order chi connectivity index (χ0) is 14.7. The van der Waals surface area contributed by atoms with Gasteiger partial charge in [-0.05, 0) is 36.4 Å². The first-order chi connectivity index (χ1) is 9.47. The number of carbonyl (C=O) groups excluding carboxylic acids is 1. The number of aromatic hydroxyl groups is 2. The number of rotatable bonds is 3. The van der Waals surface area contributed by atoms with E-state index in [0.29, 0.717) is 5.69 Å². The fourth-order valence-electron chi connectivity index (χ4n) is 1.73. The summed E-state index contributed by atoms with van der Waals surface area (Å²) in [6.07, 6.45) is 0. The number of hydrogen-bond acceptors (Lipinski definition) is 4. The molecule has 0 radical (unpaired) electrons. The lowest BCUT2D eigenvalue weighted by atomic mass is 10.2. The van der Waals surface area contributed by atoms with Gasteiger partial charge in [0.05, 0.1) is 0 Å². The molecule has 3 N–H and O–H groups in total. The molecule has 0 atom stereocenters. The minimum Gasteiger partial charge on any atom is -0.504 e. The molecule has 0 unspecified atom stereocenters. The fourth-order valence-corrected chi connectivity index (χ4v) is 1.73. The molecule has 20 heavy (non-hydrogen) atoms. The molecular formula is C15H16N2O3. The number of hydrogen-bond donors (Lipinski definition) is 3. The van der Waals surface area contributed by atoms with Gasteiger partial charge >= 0.3 is 0 Å². The Balaban J connectivity index is 2.19. The van der Waals surface area contributed by atoms with Crippen LogP contribution in [-0.2, 0) is 0 Å². The maximum atomic E-state index is 12.0. The molecule has 2 aromatic rings. The smallest absolute Gasteiger partial charge is 0.255 e. The van der Waals surface area contributed by atoms with Crippen molar-refractivity contribution in [1.82, 2.24) is 0 Å². The fraction of sp³-hybridized carbons (Fsp3) is 0.133. The predicted octanol–water partition coefficient (Wildman–Crippen LogP) is 2.42. The minimum absolute atomic E-state index is 0.254. The van der Waals surface area contributed by atoms with E-state index in [4.69, 9.17) is 0 Å². The van der Waals surface area contributed by atoms with Gasteiger partial charge in [-0.2, -0.15) is 0 Å². The summed E-state index contributed by atoms with van der Waals surface area (Å²) in [5, 5.41) is 21.4. The molecule has 2 aromatic carbocycles. The van der Waals surface area contributed by atoms with Gasteiger partial charge in [-0.3, -0.25) is 4.79 Å². The molecule has 0 aliphatic carbocycles. The van der Waals surface area contributed by atoms with Gasteiger partial charge in [0.2, 0.25) is 0 Å². The summed E-state index contributed by atoms with van der Waals surface area (Å²) in [6.45, 7) is 0. The average molecular weight is 272 g/mol. The van der Waals surface area contributed by atoms with Gasteiger partial charge in [0.15, 0.2) is 11.5 Å². The summed E-state index contributed by atoms with van der Waals surface area (Å²) in [5.41, 5.74) is 1.90. The normalized spacial score (nSPS) is 10.1. The molecule has 0 spiro atoms. The van der Waals surface area contributed by atoms with Crippen molar-refractivity contribution in [3.05, 3.63) is 48.0 Å². The predicted molar refractivity (Wildman–Crippen MR) is 78.5 cm³/mol. The lowest BCUT2D eigenvalue weighted by Gasteiger charge is -2.14. The second-order valence-corrected chi connectivity index (χ2v) is 4.60. The van der Waals surface area contributed by atoms with Crippen molar-refractivity contribution >= 4 is 17.3 Å². The van der Waals surface area contributed by atoms with Crippen molar-refractivity contribution in [1.29, 1.82) is 0 Å². The maximum absolute atomic E-state index is 12.0. The average Bonchev–Trinajstić information content (AvgIpc) is 2.42. The van der Waals surface area contributed by atoms with Crippen molar-refractivity contribution in [3.63, 3.8) is 0 Å². The monoisotopic (exact) mass is 272 g/mol. The number of nitrogens with zero attached hydrogens (tertiary/aromatic N) is 1. The van der Waals surface area contributed by atoms with E-state index in [1.165, 1.54) is 18.2 Å². The van der Waals surface area contributed by atoms with E-state index >= 15 is 0 Å². The SMILES string of the molecule is CN(C)c1cccc(NC(=O)c2ccc(O)c(O)c2)c1. The molecule has 0 aliphatic heterocycles. The van der Waals surface area contributed by atoms with Crippen LogP contribution in [0.25, 0.3) is 0 Å². The van der Waals surface area contributed by atoms with Crippen LogP contribution in [0.1, 0.15) is 10.4 Å². The van der Waals surface area contributed by atoms with E-state index in [9.17, 15) is 15.0 Å². The first kappa shape index (κ1) is 13.7. The highest BCUT2D eigenvalue weighted by Gasteiger charge is 2.09. The highest BCUT2D eigenvalue weighted by atomic mass is 16.3. The van der Waals surface area contributed by atoms with Crippen LogP contribution in [0, 0.1) is 0 Å². The van der Waals surface area contributed by atoms with Gasteiger partial charge in [-0.1, -0.05) is 6.07 Å². The molecule has 0 saturated heterocycles. The van der Waals surface area contributed by atoms with Crippen LogP contribution in [0.3, 0.4) is 0 Å². The number of phenols is 2. The van der Waals surface area contributed by atoms with Crippen LogP contribution in [0.15, 0.2) is 42.5 Å². The van der Waals surface area contributed by atoms with Gasteiger partial charge in [-0.25, -0.2) is 0 Å². The second-order valence-electron chi connectivity index (χ2n) is 4.60. The topological polar surface area (TPSA) is 72.8 Å². The molecule has 0 fully saturated rings. The Kier molecular flexibility index (Phi) is 3.79. The highest BCUT2D eigenvalue weighted by molar-refractivity contribution is 6.04. The second kappa shape index (κ2) is 5.52. The third kappa shape index (κ3) is 3.00. The van der Waals surface area contributed by atoms with E-state index < -0.39 is 0 Å². The number of amides is 1. The van der Waals surface area contributed by atoms with Gasteiger partial charge < -0.3 is 20.4 Å². The number of carbonyl (C=O) groups is 1. The van der Waals surface area contributed by atoms with Gasteiger partial charge in [0, 0.05) is 31.0 Å². The zero-order valence-electron chi connectivity index (χ0n) is 11.3. The van der Waals surface area contributed by atoms with Crippen molar-refractivity contribution in [2.75, 3.05) is 24.3 Å². The Hall–Kier alpha value is -2.69. The lowest BCUT2D eigenvalue weighted by molar-refractivity contribution is 0.102. The summed E-state index contributed by atoms with van der Waals surface area (Å²) in [6, 6.07) is 11.4. The third-order valence-electron chi connectivity index (χ3n) is 2.86. The Morgan fingerprint density at radius 3 is 2.45 bits per heavy atom. The van der Waals surface area contributed by atoms with Crippen LogP contribution in [0.5, 0.6) is 11.5 Å². The molecule has 0 aromatic heterocycles. The van der Waals surface area contributed by atoms with E-state index in [2.05, 4.69) is 5.32 Å². The Labute approximate surface area is 117 Å². The molecule has 0 heterocycles. The first-order valence-electron chi connectivity index (χ1n) is 6.08. The van der Waals surface area contributed by atoms with Gasteiger partial charge in [-0.15, -0.1) is 0 Å². The minimum atomic E-state index is -0.351. The Bertz CT molecular complexity index is 639. The summed E-state index contributed by atoms with van der Waals surface area (Å²) in [4.78, 5) is 14.0. The lowest BCUT2D eigenvalue weighted by Crippen LogP contribution is -2.13. The van der Waals surface area contributed by atoms with Crippen LogP contribution in [0.2, 0.25) is 0 Å². The molecule has 0 aliphatic rings. The summed E-state index contributed by atoms with van der Waals surface area (Å²) < 4.78 is 0.